The zero-order chi connectivity index (χ0) is 16.4. The first-order valence-electron chi connectivity index (χ1n) is 8.64. The minimum Gasteiger partial charge on any atom is -0.508 e. The number of rotatable bonds is 4. The van der Waals surface area contributed by atoms with E-state index in [9.17, 15) is 5.11 Å². The molecule has 23 heavy (non-hydrogen) atoms. The van der Waals surface area contributed by atoms with Crippen LogP contribution in [0, 0.1) is 6.92 Å². The lowest BCUT2D eigenvalue weighted by molar-refractivity contribution is -0.902. The third-order valence-electron chi connectivity index (χ3n) is 5.53. The zero-order valence-corrected chi connectivity index (χ0v) is 14.5. The van der Waals surface area contributed by atoms with Crippen LogP contribution in [0.1, 0.15) is 41.9 Å². The second kappa shape index (κ2) is 6.37. The van der Waals surface area contributed by atoms with E-state index >= 15 is 0 Å². The largest absolute Gasteiger partial charge is 0.508 e. The molecule has 0 radical (unpaired) electrons. The number of aromatic hydroxyl groups is 1. The average molecular weight is 310 g/mol. The molecule has 1 aliphatic rings. The molecule has 0 aromatic heterocycles. The van der Waals surface area contributed by atoms with Gasteiger partial charge in [-0.2, -0.15) is 0 Å². The summed E-state index contributed by atoms with van der Waals surface area (Å²) < 4.78 is 1.09. The number of hydrogen-bond donors (Lipinski definition) is 1. The lowest BCUT2D eigenvalue weighted by atomic mass is 9.84. The Morgan fingerprint density at radius 2 is 1.87 bits per heavy atom. The number of benzene rings is 2. The molecule has 122 valence electrons. The predicted molar refractivity (Wildman–Crippen MR) is 95.7 cm³/mol. The van der Waals surface area contributed by atoms with Gasteiger partial charge in [-0.15, -0.1) is 0 Å². The number of quaternary nitrogens is 1. The number of hydrogen-bond acceptors (Lipinski definition) is 1. The summed E-state index contributed by atoms with van der Waals surface area (Å²) in [6.45, 7) is 3.35. The molecule has 3 rings (SSSR count). The second-order valence-electron chi connectivity index (χ2n) is 7.56. The van der Waals surface area contributed by atoms with E-state index in [4.69, 9.17) is 0 Å². The van der Waals surface area contributed by atoms with Crippen LogP contribution in [0.5, 0.6) is 5.75 Å². The molecule has 2 heteroatoms. The van der Waals surface area contributed by atoms with E-state index in [2.05, 4.69) is 57.4 Å². The van der Waals surface area contributed by atoms with Gasteiger partial charge in [0.2, 0.25) is 0 Å². The molecule has 2 aromatic rings. The SMILES string of the molecule is Cc1ccc(O)c(C(CC2CCC[N+]2(C)C)c2ccccc2)c1. The van der Waals surface area contributed by atoms with Gasteiger partial charge in [-0.05, 0) is 18.6 Å². The Balaban J connectivity index is 1.99. The van der Waals surface area contributed by atoms with Gasteiger partial charge < -0.3 is 9.59 Å². The summed E-state index contributed by atoms with van der Waals surface area (Å²) in [5.41, 5.74) is 3.59. The number of likely N-dealkylation sites (tertiary alicyclic amines) is 1. The van der Waals surface area contributed by atoms with Crippen LogP contribution in [0.25, 0.3) is 0 Å². The van der Waals surface area contributed by atoms with Crippen molar-refractivity contribution in [3.8, 4) is 5.75 Å². The monoisotopic (exact) mass is 310 g/mol. The Morgan fingerprint density at radius 1 is 1.13 bits per heavy atom. The van der Waals surface area contributed by atoms with Gasteiger partial charge in [-0.3, -0.25) is 0 Å². The maximum absolute atomic E-state index is 10.5. The van der Waals surface area contributed by atoms with Crippen LogP contribution in [-0.4, -0.2) is 36.3 Å². The van der Waals surface area contributed by atoms with Crippen molar-refractivity contribution in [1.29, 1.82) is 0 Å². The minimum absolute atomic E-state index is 0.261. The van der Waals surface area contributed by atoms with Gasteiger partial charge in [0, 0.05) is 30.7 Å². The Labute approximate surface area is 140 Å². The molecule has 1 aliphatic heterocycles. The Bertz CT molecular complexity index is 663. The fourth-order valence-electron chi connectivity index (χ4n) is 4.02. The molecular weight excluding hydrogens is 282 g/mol. The fraction of sp³-hybridized carbons (Fsp3) is 0.429. The molecule has 2 atom stereocenters. The predicted octanol–water partition coefficient (Wildman–Crippen LogP) is 4.46. The summed E-state index contributed by atoms with van der Waals surface area (Å²) >= 11 is 0. The van der Waals surface area contributed by atoms with Crippen LogP contribution >= 0.6 is 0 Å². The standard InChI is InChI=1S/C21H27NO/c1-16-11-12-21(23)20(14-16)19(17-8-5-4-6-9-17)15-18-10-7-13-22(18,2)3/h4-6,8-9,11-12,14,18-19H,7,10,13,15H2,1-3H3/p+1. The van der Waals surface area contributed by atoms with Crippen LogP contribution < -0.4 is 0 Å². The minimum atomic E-state index is 0.261. The van der Waals surface area contributed by atoms with Gasteiger partial charge >= 0.3 is 0 Å². The van der Waals surface area contributed by atoms with Crippen LogP contribution in [0.2, 0.25) is 0 Å². The highest BCUT2D eigenvalue weighted by Gasteiger charge is 2.36. The maximum Gasteiger partial charge on any atom is 0.119 e. The highest BCUT2D eigenvalue weighted by Crippen LogP contribution is 2.39. The number of phenolic OH excluding ortho intramolecular Hbond substituents is 1. The molecule has 2 unspecified atom stereocenters. The van der Waals surface area contributed by atoms with Crippen LogP contribution in [-0.2, 0) is 0 Å². The lowest BCUT2D eigenvalue weighted by Crippen LogP contribution is -2.44. The molecular formula is C21H28NO+. The van der Waals surface area contributed by atoms with Gasteiger partial charge in [0.05, 0.1) is 26.7 Å². The van der Waals surface area contributed by atoms with E-state index < -0.39 is 0 Å². The third-order valence-corrected chi connectivity index (χ3v) is 5.53. The van der Waals surface area contributed by atoms with Crippen molar-refractivity contribution < 1.29 is 9.59 Å². The smallest absolute Gasteiger partial charge is 0.119 e. The molecule has 0 spiro atoms. The first-order valence-corrected chi connectivity index (χ1v) is 8.64. The number of phenols is 1. The van der Waals surface area contributed by atoms with Gasteiger partial charge in [0.25, 0.3) is 0 Å². The molecule has 2 aromatic carbocycles. The van der Waals surface area contributed by atoms with Crippen molar-refractivity contribution in [2.45, 2.75) is 38.1 Å². The summed E-state index contributed by atoms with van der Waals surface area (Å²) in [5.74, 6) is 0.685. The van der Waals surface area contributed by atoms with Crippen molar-refractivity contribution in [3.63, 3.8) is 0 Å². The van der Waals surface area contributed by atoms with E-state index in [1.54, 1.807) is 0 Å². The number of aryl methyl sites for hydroxylation is 1. The molecule has 0 aliphatic carbocycles. The van der Waals surface area contributed by atoms with E-state index in [1.807, 2.05) is 12.1 Å². The highest BCUT2D eigenvalue weighted by atomic mass is 16.3. The topological polar surface area (TPSA) is 20.2 Å². The van der Waals surface area contributed by atoms with Gasteiger partial charge in [0.15, 0.2) is 0 Å². The Hall–Kier alpha value is -1.80. The Morgan fingerprint density at radius 3 is 2.52 bits per heavy atom. The van der Waals surface area contributed by atoms with Gasteiger partial charge in [-0.1, -0.05) is 48.0 Å². The molecule has 1 heterocycles. The summed E-state index contributed by atoms with van der Waals surface area (Å²) in [4.78, 5) is 0. The van der Waals surface area contributed by atoms with Crippen LogP contribution in [0.15, 0.2) is 48.5 Å². The summed E-state index contributed by atoms with van der Waals surface area (Å²) in [5, 5.41) is 10.5. The quantitative estimate of drug-likeness (QED) is 0.827. The first-order chi connectivity index (χ1) is 11.0. The fourth-order valence-corrected chi connectivity index (χ4v) is 4.02. The van der Waals surface area contributed by atoms with Crippen molar-refractivity contribution in [3.05, 3.63) is 65.2 Å². The van der Waals surface area contributed by atoms with Crippen LogP contribution in [0.3, 0.4) is 0 Å². The zero-order valence-electron chi connectivity index (χ0n) is 14.5. The van der Waals surface area contributed by atoms with E-state index in [-0.39, 0.29) is 5.92 Å². The van der Waals surface area contributed by atoms with Crippen molar-refractivity contribution in [2.24, 2.45) is 0 Å². The average Bonchev–Trinajstić information content (AvgIpc) is 2.87. The lowest BCUT2D eigenvalue weighted by Gasteiger charge is -2.34. The summed E-state index contributed by atoms with van der Waals surface area (Å²) in [7, 11) is 4.69. The normalized spacial score (nSPS) is 21.3. The van der Waals surface area contributed by atoms with Crippen molar-refractivity contribution in [1.82, 2.24) is 0 Å². The van der Waals surface area contributed by atoms with Crippen molar-refractivity contribution in [2.75, 3.05) is 20.6 Å². The number of nitrogens with zero attached hydrogens (tertiary/aromatic N) is 1. The first kappa shape index (κ1) is 16.1. The van der Waals surface area contributed by atoms with Crippen molar-refractivity contribution >= 4 is 0 Å². The molecule has 0 bridgehead atoms. The molecule has 0 amide bonds. The van der Waals surface area contributed by atoms with Crippen LogP contribution in [0.4, 0.5) is 0 Å². The molecule has 2 nitrogen and oxygen atoms in total. The molecule has 1 saturated heterocycles. The second-order valence-corrected chi connectivity index (χ2v) is 7.56. The third kappa shape index (κ3) is 3.42. The van der Waals surface area contributed by atoms with Gasteiger partial charge in [0.1, 0.15) is 5.75 Å². The highest BCUT2D eigenvalue weighted by molar-refractivity contribution is 5.43. The maximum atomic E-state index is 10.5. The molecule has 0 saturated carbocycles. The Kier molecular flexibility index (Phi) is 4.45. The van der Waals surface area contributed by atoms with E-state index in [0.717, 1.165) is 16.5 Å². The molecule has 1 fully saturated rings. The van der Waals surface area contributed by atoms with Gasteiger partial charge in [-0.25, -0.2) is 0 Å². The summed E-state index contributed by atoms with van der Waals surface area (Å²) in [6, 6.07) is 17.3. The summed E-state index contributed by atoms with van der Waals surface area (Å²) in [6.07, 6.45) is 3.68. The van der Waals surface area contributed by atoms with E-state index in [0.29, 0.717) is 11.8 Å². The van der Waals surface area contributed by atoms with E-state index in [1.165, 1.54) is 30.5 Å². The molecule has 1 N–H and O–H groups in total.